The second kappa shape index (κ2) is 1.91. The molecule has 2 saturated carbocycles. The largest absolute Gasteiger partial charge is 0.0619 e. The van der Waals surface area contributed by atoms with Gasteiger partial charge in [-0.1, -0.05) is 34.6 Å². The van der Waals surface area contributed by atoms with Gasteiger partial charge in [0.25, 0.3) is 0 Å². The molecule has 0 saturated heterocycles. The van der Waals surface area contributed by atoms with E-state index in [0.29, 0.717) is 16.2 Å². The minimum absolute atomic E-state index is 0.534. The van der Waals surface area contributed by atoms with Gasteiger partial charge < -0.3 is 0 Å². The second-order valence-corrected chi connectivity index (χ2v) is 6.35. The molecule has 3 atom stereocenters. The predicted molar refractivity (Wildman–Crippen MR) is 53.0 cm³/mol. The quantitative estimate of drug-likeness (QED) is 0.512. The Hall–Kier alpha value is 0. The van der Waals surface area contributed by atoms with Gasteiger partial charge >= 0.3 is 0 Å². The molecular formula is C12H22. The Morgan fingerprint density at radius 1 is 1.17 bits per heavy atom. The summed E-state index contributed by atoms with van der Waals surface area (Å²) in [5.41, 5.74) is 1.94. The third-order valence-electron chi connectivity index (χ3n) is 5.34. The summed E-state index contributed by atoms with van der Waals surface area (Å²) in [4.78, 5) is 0. The van der Waals surface area contributed by atoms with Gasteiger partial charge in [0.05, 0.1) is 0 Å². The average molecular weight is 166 g/mol. The van der Waals surface area contributed by atoms with Crippen LogP contribution in [0.5, 0.6) is 0 Å². The van der Waals surface area contributed by atoms with Crippen LogP contribution in [0.3, 0.4) is 0 Å². The Morgan fingerprint density at radius 2 is 1.75 bits per heavy atom. The van der Waals surface area contributed by atoms with Crippen LogP contribution in [0.1, 0.15) is 53.9 Å². The molecule has 0 radical (unpaired) electrons. The van der Waals surface area contributed by atoms with Crippen molar-refractivity contribution in [3.05, 3.63) is 0 Å². The first kappa shape index (κ1) is 8.59. The third kappa shape index (κ3) is 0.625. The lowest BCUT2D eigenvalue weighted by Crippen LogP contribution is -2.68. The highest BCUT2D eigenvalue weighted by Gasteiger charge is 2.70. The van der Waals surface area contributed by atoms with Crippen LogP contribution in [0.25, 0.3) is 0 Å². The number of hydrogen-bond donors (Lipinski definition) is 0. The van der Waals surface area contributed by atoms with Crippen molar-refractivity contribution in [1.82, 2.24) is 0 Å². The van der Waals surface area contributed by atoms with Gasteiger partial charge in [0.15, 0.2) is 0 Å². The maximum Gasteiger partial charge on any atom is -0.0190 e. The number of rotatable bonds is 0. The summed E-state index contributed by atoms with van der Waals surface area (Å²) in [6, 6.07) is 0. The molecule has 0 heterocycles. The predicted octanol–water partition coefficient (Wildman–Crippen LogP) is 3.86. The third-order valence-corrected chi connectivity index (χ3v) is 5.34. The van der Waals surface area contributed by atoms with Crippen molar-refractivity contribution in [2.24, 2.45) is 22.2 Å². The molecule has 0 aromatic rings. The normalized spacial score (nSPS) is 52.2. The van der Waals surface area contributed by atoms with Crippen LogP contribution in [0.2, 0.25) is 0 Å². The zero-order valence-corrected chi connectivity index (χ0v) is 9.20. The van der Waals surface area contributed by atoms with Crippen LogP contribution >= 0.6 is 0 Å². The minimum atomic E-state index is 0.534. The van der Waals surface area contributed by atoms with Gasteiger partial charge in [0.1, 0.15) is 0 Å². The number of hydrogen-bond acceptors (Lipinski definition) is 0. The molecule has 0 aliphatic heterocycles. The zero-order valence-electron chi connectivity index (χ0n) is 9.20. The van der Waals surface area contributed by atoms with E-state index in [2.05, 4.69) is 34.6 Å². The SMILES string of the molecule is CC1CC2(C(C)(C)C)CCC12C. The van der Waals surface area contributed by atoms with Crippen LogP contribution in [0.15, 0.2) is 0 Å². The molecule has 2 fully saturated rings. The van der Waals surface area contributed by atoms with E-state index in [-0.39, 0.29) is 0 Å². The molecule has 2 rings (SSSR count). The molecule has 0 aromatic heterocycles. The van der Waals surface area contributed by atoms with Crippen molar-refractivity contribution in [3.63, 3.8) is 0 Å². The summed E-state index contributed by atoms with van der Waals surface area (Å²) in [6.45, 7) is 12.2. The van der Waals surface area contributed by atoms with Gasteiger partial charge in [-0.05, 0) is 41.4 Å². The monoisotopic (exact) mass is 166 g/mol. The average Bonchev–Trinajstić information content (AvgIpc) is 1.93. The van der Waals surface area contributed by atoms with Crippen molar-refractivity contribution in [1.29, 1.82) is 0 Å². The fourth-order valence-corrected chi connectivity index (χ4v) is 4.03. The van der Waals surface area contributed by atoms with Crippen molar-refractivity contribution < 1.29 is 0 Å². The maximum atomic E-state index is 2.51. The van der Waals surface area contributed by atoms with Crippen LogP contribution in [0.4, 0.5) is 0 Å². The van der Waals surface area contributed by atoms with E-state index in [1.165, 1.54) is 19.3 Å². The molecule has 12 heavy (non-hydrogen) atoms. The minimum Gasteiger partial charge on any atom is -0.0619 e. The van der Waals surface area contributed by atoms with E-state index < -0.39 is 0 Å². The van der Waals surface area contributed by atoms with Gasteiger partial charge in [-0.3, -0.25) is 0 Å². The standard InChI is InChI=1S/C12H22/c1-9-8-12(10(2,3)4)7-6-11(9,12)5/h9H,6-8H2,1-5H3. The van der Waals surface area contributed by atoms with E-state index in [4.69, 9.17) is 0 Å². The summed E-state index contributed by atoms with van der Waals surface area (Å²) in [5.74, 6) is 0.977. The van der Waals surface area contributed by atoms with Crippen molar-refractivity contribution >= 4 is 0 Å². The fraction of sp³-hybridized carbons (Fsp3) is 1.00. The Labute approximate surface area is 76.7 Å². The molecule has 0 bridgehead atoms. The summed E-state index contributed by atoms with van der Waals surface area (Å²) >= 11 is 0. The fourth-order valence-electron chi connectivity index (χ4n) is 4.03. The summed E-state index contributed by atoms with van der Waals surface area (Å²) < 4.78 is 0. The van der Waals surface area contributed by atoms with Gasteiger partial charge in [-0.25, -0.2) is 0 Å². The van der Waals surface area contributed by atoms with E-state index in [1.54, 1.807) is 0 Å². The van der Waals surface area contributed by atoms with Gasteiger partial charge in [0, 0.05) is 0 Å². The van der Waals surface area contributed by atoms with Crippen LogP contribution in [-0.4, -0.2) is 0 Å². The number of fused-ring (bicyclic) bond motifs is 1. The molecule has 0 N–H and O–H groups in total. The summed E-state index contributed by atoms with van der Waals surface area (Å²) in [5, 5.41) is 0. The van der Waals surface area contributed by atoms with Crippen molar-refractivity contribution in [2.45, 2.75) is 53.9 Å². The van der Waals surface area contributed by atoms with E-state index in [9.17, 15) is 0 Å². The molecule has 2 aliphatic carbocycles. The lowest BCUT2D eigenvalue weighted by molar-refractivity contribution is -0.268. The lowest BCUT2D eigenvalue weighted by Gasteiger charge is -2.76. The summed E-state index contributed by atoms with van der Waals surface area (Å²) in [6.07, 6.45) is 4.44. The van der Waals surface area contributed by atoms with E-state index in [1.807, 2.05) is 0 Å². The summed E-state index contributed by atoms with van der Waals surface area (Å²) in [7, 11) is 0. The molecule has 0 nitrogen and oxygen atoms in total. The van der Waals surface area contributed by atoms with Gasteiger partial charge in [-0.15, -0.1) is 0 Å². The van der Waals surface area contributed by atoms with Gasteiger partial charge in [-0.2, -0.15) is 0 Å². The second-order valence-electron chi connectivity index (χ2n) is 6.35. The molecule has 3 unspecified atom stereocenters. The first-order valence-electron chi connectivity index (χ1n) is 5.33. The Morgan fingerprint density at radius 3 is 1.83 bits per heavy atom. The first-order valence-corrected chi connectivity index (χ1v) is 5.33. The molecule has 2 aliphatic rings. The molecule has 0 spiro atoms. The Bertz CT molecular complexity index is 211. The van der Waals surface area contributed by atoms with E-state index >= 15 is 0 Å². The van der Waals surface area contributed by atoms with Crippen molar-refractivity contribution in [2.75, 3.05) is 0 Å². The highest BCUT2D eigenvalue weighted by atomic mass is 14.7. The van der Waals surface area contributed by atoms with Crippen molar-refractivity contribution in [3.8, 4) is 0 Å². The van der Waals surface area contributed by atoms with Crippen LogP contribution in [0, 0.1) is 22.2 Å². The van der Waals surface area contributed by atoms with Crippen LogP contribution < -0.4 is 0 Å². The highest BCUT2D eigenvalue weighted by molar-refractivity contribution is 5.19. The molecular weight excluding hydrogens is 144 g/mol. The maximum absolute atomic E-state index is 2.51. The van der Waals surface area contributed by atoms with Crippen LogP contribution in [-0.2, 0) is 0 Å². The lowest BCUT2D eigenvalue weighted by atomic mass is 9.29. The molecule has 70 valence electrons. The Kier molecular flexibility index (Phi) is 1.37. The topological polar surface area (TPSA) is 0 Å². The molecule has 0 heteroatoms. The molecule has 0 aromatic carbocycles. The van der Waals surface area contributed by atoms with E-state index in [0.717, 1.165) is 5.92 Å². The molecule has 0 amide bonds. The Balaban J connectivity index is 2.27. The smallest absolute Gasteiger partial charge is 0.0190 e. The van der Waals surface area contributed by atoms with Gasteiger partial charge in [0.2, 0.25) is 0 Å². The first-order chi connectivity index (χ1) is 5.33. The zero-order chi connectivity index (χ0) is 9.20. The highest BCUT2D eigenvalue weighted by Crippen LogP contribution is 2.78.